The highest BCUT2D eigenvalue weighted by molar-refractivity contribution is 5.88. The molecule has 0 bridgehead atoms. The minimum atomic E-state index is -4.53. The SMILES string of the molecule is CC[C@H]1CN(C(C)c2cccnc2C(F)(F)F)[C@H](CC)CN1c1cc(=O)n(C)c2cn(CC#N)nc12. The first-order valence-corrected chi connectivity index (χ1v) is 12.1. The predicted octanol–water partition coefficient (Wildman–Crippen LogP) is 4.11. The smallest absolute Gasteiger partial charge is 0.364 e. The number of halogens is 3. The largest absolute Gasteiger partial charge is 0.433 e. The Bertz CT molecular complexity index is 1340. The molecule has 0 radical (unpaired) electrons. The molecule has 3 aromatic heterocycles. The number of aryl methyl sites for hydroxylation is 1. The zero-order chi connectivity index (χ0) is 26.2. The summed E-state index contributed by atoms with van der Waals surface area (Å²) in [6, 6.07) is 6.11. The number of nitrogens with zero attached hydrogens (tertiary/aromatic N) is 7. The van der Waals surface area contributed by atoms with Crippen LogP contribution in [0.25, 0.3) is 11.0 Å². The van der Waals surface area contributed by atoms with Crippen molar-refractivity contribution in [3.63, 3.8) is 0 Å². The van der Waals surface area contributed by atoms with Gasteiger partial charge < -0.3 is 9.47 Å². The summed E-state index contributed by atoms with van der Waals surface area (Å²) in [6.45, 7) is 6.98. The summed E-state index contributed by atoms with van der Waals surface area (Å²) < 4.78 is 44.2. The number of fused-ring (bicyclic) bond motifs is 1. The van der Waals surface area contributed by atoms with Crippen molar-refractivity contribution in [1.29, 1.82) is 5.26 Å². The second-order valence-electron chi connectivity index (χ2n) is 9.23. The lowest BCUT2D eigenvalue weighted by molar-refractivity contribution is -0.142. The van der Waals surface area contributed by atoms with Crippen LogP contribution in [0.2, 0.25) is 0 Å². The van der Waals surface area contributed by atoms with Crippen LogP contribution < -0.4 is 10.5 Å². The maximum atomic E-state index is 13.7. The van der Waals surface area contributed by atoms with Crippen LogP contribution in [-0.4, -0.2) is 49.4 Å². The number of aromatic nitrogens is 4. The van der Waals surface area contributed by atoms with E-state index in [2.05, 4.69) is 26.0 Å². The van der Waals surface area contributed by atoms with Gasteiger partial charge in [-0.2, -0.15) is 23.5 Å². The maximum absolute atomic E-state index is 13.7. The van der Waals surface area contributed by atoms with Crippen molar-refractivity contribution in [3.8, 4) is 6.07 Å². The van der Waals surface area contributed by atoms with Gasteiger partial charge >= 0.3 is 6.18 Å². The fourth-order valence-corrected chi connectivity index (χ4v) is 5.24. The first-order valence-electron chi connectivity index (χ1n) is 12.1. The lowest BCUT2D eigenvalue weighted by Gasteiger charge is -2.49. The third-order valence-corrected chi connectivity index (χ3v) is 7.22. The van der Waals surface area contributed by atoms with E-state index in [1.807, 2.05) is 13.8 Å². The van der Waals surface area contributed by atoms with Crippen LogP contribution in [0.4, 0.5) is 18.9 Å². The van der Waals surface area contributed by atoms with Crippen molar-refractivity contribution in [2.45, 2.75) is 64.5 Å². The predicted molar refractivity (Wildman–Crippen MR) is 130 cm³/mol. The first kappa shape index (κ1) is 25.7. The molecule has 3 atom stereocenters. The minimum Gasteiger partial charge on any atom is -0.364 e. The number of pyridine rings is 2. The summed E-state index contributed by atoms with van der Waals surface area (Å²) in [6.07, 6.45) is -0.211. The molecule has 3 aromatic rings. The summed E-state index contributed by atoms with van der Waals surface area (Å²) in [7, 11) is 1.67. The number of piperazine rings is 1. The fourth-order valence-electron chi connectivity index (χ4n) is 5.24. The summed E-state index contributed by atoms with van der Waals surface area (Å²) in [5.41, 5.74) is 1.10. The van der Waals surface area contributed by atoms with E-state index in [0.29, 0.717) is 29.8 Å². The Morgan fingerprint density at radius 2 is 1.94 bits per heavy atom. The molecule has 0 aliphatic carbocycles. The topological polar surface area (TPSA) is 83.0 Å². The summed E-state index contributed by atoms with van der Waals surface area (Å²) in [5.74, 6) is 0. The van der Waals surface area contributed by atoms with Crippen LogP contribution in [0.15, 0.2) is 35.4 Å². The van der Waals surface area contributed by atoms with Crippen molar-refractivity contribution in [2.24, 2.45) is 7.05 Å². The van der Waals surface area contributed by atoms with Crippen LogP contribution in [0.1, 0.15) is 50.9 Å². The van der Waals surface area contributed by atoms with E-state index in [1.54, 1.807) is 32.3 Å². The zero-order valence-electron chi connectivity index (χ0n) is 20.8. The Hall–Kier alpha value is -3.39. The number of rotatable bonds is 6. The van der Waals surface area contributed by atoms with E-state index >= 15 is 0 Å². The molecule has 1 saturated heterocycles. The van der Waals surface area contributed by atoms with Crippen LogP contribution in [0.3, 0.4) is 0 Å². The molecule has 1 unspecified atom stereocenters. The number of hydrogen-bond donors (Lipinski definition) is 0. The molecular formula is C25H30F3N7O. The van der Waals surface area contributed by atoms with Gasteiger partial charge in [0.15, 0.2) is 0 Å². The van der Waals surface area contributed by atoms with Crippen molar-refractivity contribution in [2.75, 3.05) is 18.0 Å². The fraction of sp³-hybridized carbons (Fsp3) is 0.520. The van der Waals surface area contributed by atoms with Gasteiger partial charge in [0.2, 0.25) is 0 Å². The van der Waals surface area contributed by atoms with E-state index in [-0.39, 0.29) is 29.8 Å². The van der Waals surface area contributed by atoms with Crippen molar-refractivity contribution in [1.82, 2.24) is 24.2 Å². The number of nitriles is 1. The van der Waals surface area contributed by atoms with E-state index in [4.69, 9.17) is 5.26 Å². The van der Waals surface area contributed by atoms with Crippen LogP contribution in [0.5, 0.6) is 0 Å². The van der Waals surface area contributed by atoms with Crippen LogP contribution in [-0.2, 0) is 19.8 Å². The molecular weight excluding hydrogens is 471 g/mol. The highest BCUT2D eigenvalue weighted by atomic mass is 19.4. The molecule has 0 N–H and O–H groups in total. The standard InChI is InChI=1S/C25H30F3N7O/c1-5-17-14-35(20-12-22(36)32(4)21-15-33(11-9-29)31-23(20)21)18(6-2)13-34(17)16(3)19-8-7-10-30-24(19)25(26,27)28/h7-8,10,12,15-18H,5-6,11,13-14H2,1-4H3/t16?,17-,18+/m1/s1. The summed E-state index contributed by atoms with van der Waals surface area (Å²) >= 11 is 0. The molecule has 8 nitrogen and oxygen atoms in total. The summed E-state index contributed by atoms with van der Waals surface area (Å²) in [4.78, 5) is 20.8. The first-order chi connectivity index (χ1) is 17.1. The van der Waals surface area contributed by atoms with E-state index < -0.39 is 17.9 Å². The van der Waals surface area contributed by atoms with Gasteiger partial charge in [-0.15, -0.1) is 0 Å². The monoisotopic (exact) mass is 501 g/mol. The molecule has 0 amide bonds. The average Bonchev–Trinajstić information content (AvgIpc) is 3.29. The van der Waals surface area contributed by atoms with Crippen LogP contribution in [0, 0.1) is 11.3 Å². The van der Waals surface area contributed by atoms with Gasteiger partial charge in [0, 0.05) is 50.5 Å². The number of alkyl halides is 3. The molecule has 1 fully saturated rings. The van der Waals surface area contributed by atoms with Gasteiger partial charge in [0.25, 0.3) is 5.56 Å². The molecule has 0 aromatic carbocycles. The van der Waals surface area contributed by atoms with Gasteiger partial charge in [-0.1, -0.05) is 19.9 Å². The second kappa shape index (κ2) is 9.93. The highest BCUT2D eigenvalue weighted by Crippen LogP contribution is 2.38. The van der Waals surface area contributed by atoms with Gasteiger partial charge in [-0.3, -0.25) is 19.4 Å². The Morgan fingerprint density at radius 1 is 1.22 bits per heavy atom. The van der Waals surface area contributed by atoms with Crippen molar-refractivity contribution >= 4 is 16.7 Å². The molecule has 36 heavy (non-hydrogen) atoms. The molecule has 192 valence electrons. The number of anilines is 1. The van der Waals surface area contributed by atoms with Crippen molar-refractivity contribution in [3.05, 3.63) is 52.2 Å². The van der Waals surface area contributed by atoms with Crippen LogP contribution >= 0.6 is 0 Å². The maximum Gasteiger partial charge on any atom is 0.433 e. The quantitative estimate of drug-likeness (QED) is 0.506. The van der Waals surface area contributed by atoms with Gasteiger partial charge in [0.1, 0.15) is 17.8 Å². The van der Waals surface area contributed by atoms with Crippen molar-refractivity contribution < 1.29 is 13.2 Å². The molecule has 1 aliphatic heterocycles. The average molecular weight is 502 g/mol. The Kier molecular flexibility index (Phi) is 7.09. The second-order valence-corrected chi connectivity index (χ2v) is 9.23. The Balaban J connectivity index is 1.74. The Morgan fingerprint density at radius 3 is 2.58 bits per heavy atom. The van der Waals surface area contributed by atoms with Gasteiger partial charge in [-0.25, -0.2) is 0 Å². The lowest BCUT2D eigenvalue weighted by atomic mass is 9.95. The van der Waals surface area contributed by atoms with E-state index in [9.17, 15) is 18.0 Å². The molecule has 11 heteroatoms. The minimum absolute atomic E-state index is 0.0438. The van der Waals surface area contributed by atoms with E-state index in [0.717, 1.165) is 12.8 Å². The van der Waals surface area contributed by atoms with E-state index in [1.165, 1.54) is 21.5 Å². The lowest BCUT2D eigenvalue weighted by Crippen LogP contribution is -2.59. The summed E-state index contributed by atoms with van der Waals surface area (Å²) in [5, 5.41) is 13.7. The third-order valence-electron chi connectivity index (χ3n) is 7.22. The molecule has 1 aliphatic rings. The number of hydrogen-bond acceptors (Lipinski definition) is 6. The molecule has 4 rings (SSSR count). The molecule has 4 heterocycles. The third kappa shape index (κ3) is 4.57. The molecule has 0 spiro atoms. The normalized spacial score (nSPS) is 20.0. The highest BCUT2D eigenvalue weighted by Gasteiger charge is 2.41. The zero-order valence-corrected chi connectivity index (χ0v) is 20.8. The van der Waals surface area contributed by atoms with Gasteiger partial charge in [-0.05, 0) is 31.4 Å². The van der Waals surface area contributed by atoms with Gasteiger partial charge in [0.05, 0.1) is 23.5 Å². The molecule has 0 saturated carbocycles. The Labute approximate surface area is 207 Å².